The first-order valence-electron chi connectivity index (χ1n) is 7.30. The van der Waals surface area contributed by atoms with Crippen LogP contribution in [0, 0.1) is 0 Å². The Balaban J connectivity index is 2.30. The quantitative estimate of drug-likeness (QED) is 0.729. The van der Waals surface area contributed by atoms with Crippen molar-refractivity contribution in [1.82, 2.24) is 0 Å². The number of fused-ring (bicyclic) bond motifs is 2. The predicted octanol–water partition coefficient (Wildman–Crippen LogP) is 2.83. The summed E-state index contributed by atoms with van der Waals surface area (Å²) in [7, 11) is -3.43. The molecule has 1 aromatic heterocycles. The van der Waals surface area contributed by atoms with Crippen LogP contribution >= 0.6 is 0 Å². The van der Waals surface area contributed by atoms with Crippen LogP contribution in [-0.4, -0.2) is 25.2 Å². The van der Waals surface area contributed by atoms with E-state index in [1.807, 2.05) is 0 Å². The van der Waals surface area contributed by atoms with Crippen LogP contribution in [0.15, 0.2) is 50.5 Å². The maximum absolute atomic E-state index is 12.5. The number of rotatable bonds is 4. The summed E-state index contributed by atoms with van der Waals surface area (Å²) >= 11 is 0. The molecule has 0 bridgehead atoms. The van der Waals surface area contributed by atoms with E-state index in [2.05, 4.69) is 0 Å². The van der Waals surface area contributed by atoms with E-state index < -0.39 is 21.2 Å². The van der Waals surface area contributed by atoms with E-state index in [0.717, 1.165) is 0 Å². The summed E-state index contributed by atoms with van der Waals surface area (Å²) in [5.74, 6) is -1.13. The number of sulfone groups is 1. The number of carbonyl (C=O) groups is 1. The normalized spacial score (nSPS) is 11.9. The number of hydrogen-bond donors (Lipinski definition) is 1. The number of carboxylic acids is 1. The van der Waals surface area contributed by atoms with Gasteiger partial charge in [-0.1, -0.05) is 6.92 Å². The summed E-state index contributed by atoms with van der Waals surface area (Å²) < 4.78 is 29.9. The van der Waals surface area contributed by atoms with Gasteiger partial charge in [0.15, 0.2) is 9.84 Å². The highest BCUT2D eigenvalue weighted by molar-refractivity contribution is 7.91. The van der Waals surface area contributed by atoms with E-state index in [0.29, 0.717) is 6.42 Å². The van der Waals surface area contributed by atoms with Crippen molar-refractivity contribution in [2.45, 2.75) is 18.2 Å². The second-order valence-corrected chi connectivity index (χ2v) is 7.53. The van der Waals surface area contributed by atoms with Gasteiger partial charge in [0.1, 0.15) is 11.2 Å². The molecule has 0 radical (unpaired) electrons. The molecule has 0 aliphatic heterocycles. The van der Waals surface area contributed by atoms with Crippen LogP contribution < -0.4 is 5.43 Å². The van der Waals surface area contributed by atoms with Crippen molar-refractivity contribution in [3.8, 4) is 0 Å². The van der Waals surface area contributed by atoms with Gasteiger partial charge in [-0.3, -0.25) is 4.79 Å². The molecule has 0 fully saturated rings. The predicted molar refractivity (Wildman–Crippen MR) is 89.3 cm³/mol. The van der Waals surface area contributed by atoms with Crippen molar-refractivity contribution in [1.29, 1.82) is 0 Å². The topological polar surface area (TPSA) is 102 Å². The Bertz CT molecular complexity index is 1120. The fourth-order valence-electron chi connectivity index (χ4n) is 2.55. The molecule has 6 nitrogen and oxygen atoms in total. The molecule has 0 saturated heterocycles. The molecule has 0 unspecified atom stereocenters. The lowest BCUT2D eigenvalue weighted by molar-refractivity contribution is 0.0697. The second-order valence-electron chi connectivity index (χ2n) is 5.42. The molecular formula is C17H14O6S. The van der Waals surface area contributed by atoms with E-state index in [1.54, 1.807) is 6.92 Å². The first kappa shape index (κ1) is 16.2. The number of benzene rings is 2. The fraction of sp³-hybridized carbons (Fsp3) is 0.176. The van der Waals surface area contributed by atoms with Gasteiger partial charge in [-0.25, -0.2) is 13.2 Å². The zero-order chi connectivity index (χ0) is 17.5. The molecule has 24 heavy (non-hydrogen) atoms. The lowest BCUT2D eigenvalue weighted by atomic mass is 10.1. The van der Waals surface area contributed by atoms with Crippen LogP contribution in [0.2, 0.25) is 0 Å². The minimum Gasteiger partial charge on any atom is -0.478 e. The molecule has 1 N–H and O–H groups in total. The highest BCUT2D eigenvalue weighted by Crippen LogP contribution is 2.23. The van der Waals surface area contributed by atoms with Gasteiger partial charge < -0.3 is 9.52 Å². The minimum atomic E-state index is -3.43. The van der Waals surface area contributed by atoms with Gasteiger partial charge in [0, 0.05) is 6.07 Å². The summed E-state index contributed by atoms with van der Waals surface area (Å²) in [6, 6.07) is 8.09. The minimum absolute atomic E-state index is 0.0122. The van der Waals surface area contributed by atoms with Crippen LogP contribution in [0.4, 0.5) is 0 Å². The van der Waals surface area contributed by atoms with Gasteiger partial charge in [-0.05, 0) is 36.8 Å². The van der Waals surface area contributed by atoms with Crippen molar-refractivity contribution in [3.63, 3.8) is 0 Å². The summed E-state index contributed by atoms with van der Waals surface area (Å²) in [6.07, 6.45) is 0.486. The third kappa shape index (κ3) is 2.67. The SMILES string of the molecule is CCCS(=O)(=O)c1ccc2c(=O)c3cc(C(=O)O)ccc3oc2c1. The van der Waals surface area contributed by atoms with E-state index in [-0.39, 0.29) is 38.2 Å². The van der Waals surface area contributed by atoms with E-state index >= 15 is 0 Å². The molecule has 3 aromatic rings. The smallest absolute Gasteiger partial charge is 0.335 e. The largest absolute Gasteiger partial charge is 0.478 e. The van der Waals surface area contributed by atoms with Gasteiger partial charge in [-0.15, -0.1) is 0 Å². The summed E-state index contributed by atoms with van der Waals surface area (Å²) in [5.41, 5.74) is -0.0413. The van der Waals surface area contributed by atoms with Crippen molar-refractivity contribution in [3.05, 3.63) is 52.2 Å². The Kier molecular flexibility index (Phi) is 3.88. The lowest BCUT2D eigenvalue weighted by Gasteiger charge is -2.06. The first-order valence-corrected chi connectivity index (χ1v) is 8.95. The summed E-state index contributed by atoms with van der Waals surface area (Å²) in [4.78, 5) is 23.7. The van der Waals surface area contributed by atoms with Gasteiger partial charge >= 0.3 is 5.97 Å². The molecule has 0 spiro atoms. The molecule has 124 valence electrons. The van der Waals surface area contributed by atoms with Gasteiger partial charge in [0.25, 0.3) is 0 Å². The maximum Gasteiger partial charge on any atom is 0.335 e. The van der Waals surface area contributed by atoms with Crippen molar-refractivity contribution < 1.29 is 22.7 Å². The van der Waals surface area contributed by atoms with Crippen LogP contribution in [0.3, 0.4) is 0 Å². The van der Waals surface area contributed by atoms with Crippen LogP contribution in [0.1, 0.15) is 23.7 Å². The molecule has 0 aliphatic carbocycles. The Labute approximate surface area is 137 Å². The summed E-state index contributed by atoms with van der Waals surface area (Å²) in [6.45, 7) is 1.77. The monoisotopic (exact) mass is 346 g/mol. The average molecular weight is 346 g/mol. The zero-order valence-electron chi connectivity index (χ0n) is 12.8. The Morgan fingerprint density at radius 2 is 1.83 bits per heavy atom. The average Bonchev–Trinajstić information content (AvgIpc) is 2.54. The van der Waals surface area contributed by atoms with Gasteiger partial charge in [0.05, 0.1) is 27.0 Å². The number of aromatic carboxylic acids is 1. The van der Waals surface area contributed by atoms with Crippen molar-refractivity contribution >= 4 is 37.7 Å². The Hall–Kier alpha value is -2.67. The Morgan fingerprint density at radius 1 is 1.08 bits per heavy atom. The fourth-order valence-corrected chi connectivity index (χ4v) is 3.88. The van der Waals surface area contributed by atoms with Gasteiger partial charge in [0.2, 0.25) is 5.43 Å². The third-order valence-electron chi connectivity index (χ3n) is 3.72. The van der Waals surface area contributed by atoms with E-state index in [4.69, 9.17) is 9.52 Å². The molecule has 0 aliphatic rings. The molecule has 0 saturated carbocycles. The molecular weight excluding hydrogens is 332 g/mol. The summed E-state index contributed by atoms with van der Waals surface area (Å²) in [5, 5.41) is 9.38. The second kappa shape index (κ2) is 5.76. The Morgan fingerprint density at radius 3 is 2.50 bits per heavy atom. The van der Waals surface area contributed by atoms with Crippen LogP contribution in [0.25, 0.3) is 21.9 Å². The molecule has 0 amide bonds. The number of carboxylic acid groups (broad SMARTS) is 1. The van der Waals surface area contributed by atoms with Gasteiger partial charge in [-0.2, -0.15) is 0 Å². The standard InChI is InChI=1S/C17H14O6S/c1-2-7-24(21,22)11-4-5-12-15(9-11)23-14-6-3-10(17(19)20)8-13(14)16(12)18/h3-6,8-9H,2,7H2,1H3,(H,19,20). The highest BCUT2D eigenvalue weighted by atomic mass is 32.2. The third-order valence-corrected chi connectivity index (χ3v) is 5.64. The molecule has 3 rings (SSSR count). The van der Waals surface area contributed by atoms with Crippen molar-refractivity contribution in [2.24, 2.45) is 0 Å². The van der Waals surface area contributed by atoms with Crippen LogP contribution in [0.5, 0.6) is 0 Å². The molecule has 0 atom stereocenters. The van der Waals surface area contributed by atoms with Crippen molar-refractivity contribution in [2.75, 3.05) is 5.75 Å². The van der Waals surface area contributed by atoms with E-state index in [1.165, 1.54) is 36.4 Å². The number of hydrogen-bond acceptors (Lipinski definition) is 5. The maximum atomic E-state index is 12.5. The van der Waals surface area contributed by atoms with E-state index in [9.17, 15) is 18.0 Å². The lowest BCUT2D eigenvalue weighted by Crippen LogP contribution is -2.08. The first-order chi connectivity index (χ1) is 11.3. The zero-order valence-corrected chi connectivity index (χ0v) is 13.6. The highest BCUT2D eigenvalue weighted by Gasteiger charge is 2.16. The molecule has 7 heteroatoms. The molecule has 1 heterocycles. The van der Waals surface area contributed by atoms with Crippen LogP contribution in [-0.2, 0) is 9.84 Å². The molecule has 2 aromatic carbocycles.